The van der Waals surface area contributed by atoms with E-state index in [-0.39, 0.29) is 26.2 Å². The van der Waals surface area contributed by atoms with Gasteiger partial charge in [-0.3, -0.25) is 5.56 Å². The molecule has 0 fully saturated rings. The molecule has 0 saturated carbocycles. The van der Waals surface area contributed by atoms with Gasteiger partial charge in [0.15, 0.2) is 0 Å². The van der Waals surface area contributed by atoms with Crippen LogP contribution in [0.25, 0.3) is 5.57 Å². The quantitative estimate of drug-likeness (QED) is 0.364. The van der Waals surface area contributed by atoms with Gasteiger partial charge in [-0.05, 0) is 8.07 Å². The summed E-state index contributed by atoms with van der Waals surface area (Å²) in [6.45, 7) is 13.3. The summed E-state index contributed by atoms with van der Waals surface area (Å²) in [5, 5.41) is 0. The predicted octanol–water partition coefficient (Wildman–Crippen LogP) is 6.57. The molecule has 0 unspecified atom stereocenters. The summed E-state index contributed by atoms with van der Waals surface area (Å²) in [5.74, 6) is 0. The van der Waals surface area contributed by atoms with Gasteiger partial charge in [-0.1, -0.05) is 33.5 Å². The molecule has 2 aliphatic rings. The van der Waals surface area contributed by atoms with Crippen molar-refractivity contribution in [2.45, 2.75) is 40.4 Å². The number of hydrogen-bond acceptors (Lipinski definition) is 0. The van der Waals surface area contributed by atoms with Crippen molar-refractivity contribution in [3.8, 4) is 0 Å². The van der Waals surface area contributed by atoms with E-state index >= 15 is 0 Å². The van der Waals surface area contributed by atoms with Gasteiger partial charge in [-0.25, -0.2) is 35.9 Å². The molecule has 0 aliphatic heterocycles. The Labute approximate surface area is 181 Å². The van der Waals surface area contributed by atoms with Crippen LogP contribution in [0.5, 0.6) is 0 Å². The van der Waals surface area contributed by atoms with E-state index in [4.69, 9.17) is 0 Å². The Kier molecular flexibility index (Phi) is 12.4. The second-order valence-corrected chi connectivity index (χ2v) is 11.7. The molecule has 1 aromatic carbocycles. The molecule has 2 radical (unpaired) electrons. The predicted molar refractivity (Wildman–Crippen MR) is 113 cm³/mol. The summed E-state index contributed by atoms with van der Waals surface area (Å²) in [6, 6.07) is 7.70. The maximum Gasteiger partial charge on any atom is 4.00 e. The Morgan fingerprint density at radius 3 is 1.65 bits per heavy atom. The second-order valence-electron chi connectivity index (χ2n) is 6.97. The Balaban J connectivity index is 0.000000460. The summed E-state index contributed by atoms with van der Waals surface area (Å²) in [7, 11) is -1.25. The van der Waals surface area contributed by atoms with Crippen LogP contribution in [-0.2, 0) is 26.2 Å². The monoisotopic (exact) mass is 434 g/mol. The zero-order valence-electron chi connectivity index (χ0n) is 16.8. The summed E-state index contributed by atoms with van der Waals surface area (Å²) in [5.41, 5.74) is 8.62. The van der Waals surface area contributed by atoms with E-state index in [2.05, 4.69) is 77.2 Å². The molecule has 3 rings (SSSR count). The smallest absolute Gasteiger partial charge is 0.328 e. The van der Waals surface area contributed by atoms with Crippen LogP contribution in [0.4, 0.5) is 0 Å². The molecule has 2 aliphatic carbocycles. The van der Waals surface area contributed by atoms with E-state index in [1.54, 1.807) is 0 Å². The number of rotatable bonds is 2. The SMILES string of the molecule is CC(=[C-][Si](C)(C)C)c1[c-]c(C)ccc1C.[C-]1C=CC=C1.[C-]1C=CC=C1.[Zr+4]. The van der Waals surface area contributed by atoms with Crippen LogP contribution < -0.4 is 0 Å². The fraction of sp³-hybridized carbons (Fsp3) is 0.250. The van der Waals surface area contributed by atoms with Gasteiger partial charge in [0.1, 0.15) is 0 Å². The Hall–Kier alpha value is -1.24. The van der Waals surface area contributed by atoms with Gasteiger partial charge in [-0.2, -0.15) is 48.8 Å². The van der Waals surface area contributed by atoms with Crippen LogP contribution >= 0.6 is 0 Å². The minimum absolute atomic E-state index is 0. The third kappa shape index (κ3) is 11.4. The third-order valence-electron chi connectivity index (χ3n) is 3.23. The van der Waals surface area contributed by atoms with Gasteiger partial charge in [0, 0.05) is 0 Å². The number of aryl methyl sites for hydroxylation is 2. The van der Waals surface area contributed by atoms with Crippen LogP contribution in [0.1, 0.15) is 23.6 Å². The fourth-order valence-corrected chi connectivity index (χ4v) is 3.49. The van der Waals surface area contributed by atoms with E-state index in [1.807, 2.05) is 48.6 Å². The minimum Gasteiger partial charge on any atom is -0.328 e. The summed E-state index contributed by atoms with van der Waals surface area (Å²) in [4.78, 5) is 0. The number of allylic oxidation sites excluding steroid dienone is 9. The van der Waals surface area contributed by atoms with Crippen LogP contribution in [0, 0.1) is 38.5 Å². The summed E-state index contributed by atoms with van der Waals surface area (Å²) < 4.78 is 0. The first-order valence-corrected chi connectivity index (χ1v) is 12.1. The van der Waals surface area contributed by atoms with E-state index in [0.29, 0.717) is 0 Å². The summed E-state index contributed by atoms with van der Waals surface area (Å²) >= 11 is 0. The Morgan fingerprint density at radius 1 is 0.846 bits per heavy atom. The van der Waals surface area contributed by atoms with Gasteiger partial charge < -0.3 is 11.3 Å². The van der Waals surface area contributed by atoms with Gasteiger partial charge >= 0.3 is 26.2 Å². The molecule has 26 heavy (non-hydrogen) atoms. The topological polar surface area (TPSA) is 0 Å². The van der Waals surface area contributed by atoms with Crippen molar-refractivity contribution in [2.24, 2.45) is 0 Å². The van der Waals surface area contributed by atoms with Crippen LogP contribution in [0.2, 0.25) is 19.6 Å². The molecule has 0 amide bonds. The second kappa shape index (κ2) is 13.0. The average molecular weight is 436 g/mol. The molecule has 0 atom stereocenters. The molecular weight excluding hydrogens is 408 g/mol. The van der Waals surface area contributed by atoms with E-state index < -0.39 is 8.07 Å². The molecule has 0 aromatic heterocycles. The first kappa shape index (κ1) is 24.8. The van der Waals surface area contributed by atoms with Crippen molar-refractivity contribution in [3.63, 3.8) is 0 Å². The maximum absolute atomic E-state index is 3.63. The zero-order valence-corrected chi connectivity index (χ0v) is 20.2. The first-order valence-electron chi connectivity index (χ1n) is 8.57. The maximum atomic E-state index is 3.63. The molecule has 1 aromatic rings. The number of benzene rings is 1. The molecule has 0 saturated heterocycles. The van der Waals surface area contributed by atoms with Gasteiger partial charge in [0.2, 0.25) is 0 Å². The van der Waals surface area contributed by atoms with Gasteiger partial charge in [0.05, 0.1) is 0 Å². The molecule has 0 bridgehead atoms. The fourth-order valence-electron chi connectivity index (χ4n) is 2.24. The van der Waals surface area contributed by atoms with Crippen molar-refractivity contribution in [1.29, 1.82) is 0 Å². The molecule has 2 heteroatoms. The number of hydrogen-bond donors (Lipinski definition) is 0. The standard InChI is InChI=1S/C14H20Si.2C5H4.Zr/c1-11-7-8-12(2)14(9-11)13(3)10-15(4,5)6;2*1-2-4-5-3-1;/h7-8H,1-6H3;2*1-4H;/q-2;2*-1;+4. The van der Waals surface area contributed by atoms with Crippen LogP contribution in [0.15, 0.2) is 60.7 Å². The largest absolute Gasteiger partial charge is 4.00 e. The van der Waals surface area contributed by atoms with E-state index in [0.717, 1.165) is 0 Å². The Bertz CT molecular complexity index is 641. The molecule has 0 nitrogen and oxygen atoms in total. The van der Waals surface area contributed by atoms with Crippen molar-refractivity contribution in [3.05, 3.63) is 102 Å². The summed E-state index contributed by atoms with van der Waals surface area (Å²) in [6.07, 6.45) is 21.0. The van der Waals surface area contributed by atoms with E-state index in [9.17, 15) is 0 Å². The molecule has 0 N–H and O–H groups in total. The van der Waals surface area contributed by atoms with Crippen LogP contribution in [-0.4, -0.2) is 8.07 Å². The van der Waals surface area contributed by atoms with Crippen molar-refractivity contribution >= 4 is 13.6 Å². The van der Waals surface area contributed by atoms with E-state index in [1.165, 1.54) is 22.3 Å². The van der Waals surface area contributed by atoms with Crippen LogP contribution in [0.3, 0.4) is 0 Å². The third-order valence-corrected chi connectivity index (χ3v) is 4.35. The normalized spacial score (nSPS) is 13.7. The molecule has 0 heterocycles. The minimum atomic E-state index is -1.25. The van der Waals surface area contributed by atoms with Crippen molar-refractivity contribution < 1.29 is 26.2 Å². The van der Waals surface area contributed by atoms with Gasteiger partial charge in [-0.15, -0.1) is 13.0 Å². The zero-order chi connectivity index (χ0) is 18.7. The van der Waals surface area contributed by atoms with Crippen molar-refractivity contribution in [2.75, 3.05) is 0 Å². The molecular formula is C24H28SiZr. The molecule has 132 valence electrons. The van der Waals surface area contributed by atoms with Crippen molar-refractivity contribution in [1.82, 2.24) is 0 Å². The van der Waals surface area contributed by atoms with Gasteiger partial charge in [0.25, 0.3) is 0 Å². The Morgan fingerprint density at radius 2 is 1.31 bits per heavy atom. The molecule has 0 spiro atoms. The average Bonchev–Trinajstić information content (AvgIpc) is 3.26. The first-order chi connectivity index (χ1) is 11.8.